The molecule has 3 aliphatic rings. The van der Waals surface area contributed by atoms with E-state index in [1.54, 1.807) is 42.2 Å². The molecular weight excluding hydrogens is 564 g/mol. The van der Waals surface area contributed by atoms with Crippen LogP contribution in [0.2, 0.25) is 5.02 Å². The lowest BCUT2D eigenvalue weighted by Crippen LogP contribution is -2.59. The summed E-state index contributed by atoms with van der Waals surface area (Å²) >= 11 is 9.74. The number of aliphatic hydroxyl groups is 1. The molecule has 2 bridgehead atoms. The Hall–Kier alpha value is -1.94. The van der Waals surface area contributed by atoms with Crippen molar-refractivity contribution in [2.24, 2.45) is 17.8 Å². The predicted octanol–water partition coefficient (Wildman–Crippen LogP) is 3.58. The molecule has 10 heteroatoms. The molecular formula is C27H34BrClN2O6. The van der Waals surface area contributed by atoms with E-state index in [0.717, 1.165) is 0 Å². The maximum atomic E-state index is 14.5. The van der Waals surface area contributed by atoms with Crippen LogP contribution in [-0.4, -0.2) is 76.2 Å². The lowest BCUT2D eigenvalue weighted by Gasteiger charge is -2.39. The number of alkyl halides is 1. The Kier molecular flexibility index (Phi) is 8.38. The van der Waals surface area contributed by atoms with E-state index in [0.29, 0.717) is 23.6 Å². The molecule has 4 rings (SSSR count). The zero-order valence-electron chi connectivity index (χ0n) is 21.3. The summed E-state index contributed by atoms with van der Waals surface area (Å²) in [5.74, 6) is -2.78. The smallest absolute Gasteiger partial charge is 0.312 e. The second-order valence-electron chi connectivity index (χ2n) is 10.3. The number of esters is 1. The van der Waals surface area contributed by atoms with Crippen LogP contribution in [0.4, 0.5) is 5.69 Å². The number of anilines is 1. The van der Waals surface area contributed by atoms with E-state index in [1.165, 1.54) is 4.90 Å². The molecule has 3 heterocycles. The van der Waals surface area contributed by atoms with Gasteiger partial charge in [-0.15, -0.1) is 6.58 Å². The number of carbonyl (C=O) groups excluding carboxylic acids is 3. The molecule has 8 nitrogen and oxygen atoms in total. The van der Waals surface area contributed by atoms with Gasteiger partial charge in [-0.25, -0.2) is 0 Å². The van der Waals surface area contributed by atoms with Gasteiger partial charge in [0.1, 0.15) is 11.6 Å². The fraction of sp³-hybridized carbons (Fsp3) is 0.593. The lowest BCUT2D eigenvalue weighted by molar-refractivity contribution is -0.155. The molecule has 0 saturated carbocycles. The Balaban J connectivity index is 1.84. The number of hydrogen-bond donors (Lipinski definition) is 1. The van der Waals surface area contributed by atoms with E-state index in [1.807, 2.05) is 13.8 Å². The summed E-state index contributed by atoms with van der Waals surface area (Å²) in [6.07, 6.45) is 1.88. The molecule has 0 radical (unpaired) electrons. The van der Waals surface area contributed by atoms with Crippen LogP contribution in [0, 0.1) is 17.8 Å². The highest BCUT2D eigenvalue weighted by atomic mass is 79.9. The molecule has 1 aromatic rings. The van der Waals surface area contributed by atoms with Crippen LogP contribution in [0.1, 0.15) is 33.6 Å². The van der Waals surface area contributed by atoms with E-state index in [4.69, 9.17) is 21.1 Å². The number of rotatable bonds is 10. The quantitative estimate of drug-likeness (QED) is 0.252. The Morgan fingerprint density at radius 3 is 2.62 bits per heavy atom. The first-order valence-electron chi connectivity index (χ1n) is 12.7. The van der Waals surface area contributed by atoms with Gasteiger partial charge in [-0.05, 0) is 49.9 Å². The van der Waals surface area contributed by atoms with Crippen LogP contribution in [0.5, 0.6) is 0 Å². The Bertz CT molecular complexity index is 1050. The highest BCUT2D eigenvalue weighted by Crippen LogP contribution is 2.61. The fourth-order valence-corrected chi connectivity index (χ4v) is 7.36. The summed E-state index contributed by atoms with van der Waals surface area (Å²) in [5, 5.41) is 10.9. The molecule has 1 unspecified atom stereocenters. The molecule has 0 aromatic heterocycles. The number of benzene rings is 1. The molecule has 1 N–H and O–H groups in total. The van der Waals surface area contributed by atoms with Crippen molar-refractivity contribution in [3.8, 4) is 0 Å². The third kappa shape index (κ3) is 4.73. The van der Waals surface area contributed by atoms with Crippen LogP contribution in [0.15, 0.2) is 36.9 Å². The van der Waals surface area contributed by atoms with E-state index >= 15 is 0 Å². The van der Waals surface area contributed by atoms with Crippen molar-refractivity contribution in [2.45, 2.75) is 62.2 Å². The topological polar surface area (TPSA) is 96.4 Å². The standard InChI is InChI=1S/C27H34BrClN2O6/c1-5-11-30(17-9-7-16(29)8-10-17)25(34)23-27-13-19(28)22(37-27)20(26(35)36-6-2)21(27)24(33)31(23)18(14-32)12-15(3)4/h5,7-10,15,18-23,32H,1,6,11-14H2,2-4H3/t18-,19?,20-,21+,22-,23-,27+/m1/s1. The molecule has 202 valence electrons. The number of fused-ring (bicyclic) bond motifs is 1. The molecule has 2 amide bonds. The molecule has 0 aliphatic carbocycles. The molecule has 3 aliphatic heterocycles. The van der Waals surface area contributed by atoms with Gasteiger partial charge in [0.25, 0.3) is 5.91 Å². The van der Waals surface area contributed by atoms with Crippen molar-refractivity contribution in [3.63, 3.8) is 0 Å². The number of aliphatic hydroxyl groups excluding tert-OH is 1. The first kappa shape index (κ1) is 28.1. The SMILES string of the molecule is C=CCN(C(=O)[C@H]1N([C@@H](CO)CC(C)C)C(=O)[C@@H]2[C@@H](C(=O)OCC)[C@@H]3O[C@@]21CC3Br)c1ccc(Cl)cc1. The number of ether oxygens (including phenoxy) is 2. The zero-order valence-corrected chi connectivity index (χ0v) is 23.7. The van der Waals surface area contributed by atoms with Crippen LogP contribution < -0.4 is 4.90 Å². The van der Waals surface area contributed by atoms with Gasteiger partial charge in [0.2, 0.25) is 5.91 Å². The minimum Gasteiger partial charge on any atom is -0.466 e. The van der Waals surface area contributed by atoms with Crippen LogP contribution in [0.25, 0.3) is 0 Å². The highest BCUT2D eigenvalue weighted by molar-refractivity contribution is 9.09. The number of hydrogen-bond acceptors (Lipinski definition) is 6. The maximum Gasteiger partial charge on any atom is 0.312 e. The number of nitrogens with zero attached hydrogens (tertiary/aromatic N) is 2. The van der Waals surface area contributed by atoms with Crippen molar-refractivity contribution >= 4 is 51.0 Å². The first-order valence-corrected chi connectivity index (χ1v) is 14.0. The summed E-state index contributed by atoms with van der Waals surface area (Å²) in [5.41, 5.74) is -0.642. The fourth-order valence-electron chi connectivity index (χ4n) is 6.29. The number of carbonyl (C=O) groups is 3. The number of likely N-dealkylation sites (tertiary alicyclic amines) is 1. The Labute approximate surface area is 231 Å². The summed E-state index contributed by atoms with van der Waals surface area (Å²) in [6, 6.07) is 5.20. The maximum absolute atomic E-state index is 14.5. The summed E-state index contributed by atoms with van der Waals surface area (Å²) in [7, 11) is 0. The van der Waals surface area contributed by atoms with Gasteiger partial charge in [0.05, 0.1) is 37.2 Å². The monoisotopic (exact) mass is 596 g/mol. The third-order valence-electron chi connectivity index (χ3n) is 7.58. The molecule has 37 heavy (non-hydrogen) atoms. The summed E-state index contributed by atoms with van der Waals surface area (Å²) < 4.78 is 11.9. The average Bonchev–Trinajstić information content (AvgIpc) is 3.45. The average molecular weight is 598 g/mol. The minimum atomic E-state index is -1.24. The van der Waals surface area contributed by atoms with Crippen molar-refractivity contribution in [1.82, 2.24) is 4.90 Å². The van der Waals surface area contributed by atoms with E-state index in [-0.39, 0.29) is 42.3 Å². The third-order valence-corrected chi connectivity index (χ3v) is 8.68. The van der Waals surface area contributed by atoms with E-state index in [2.05, 4.69) is 22.5 Å². The van der Waals surface area contributed by atoms with Crippen molar-refractivity contribution in [3.05, 3.63) is 41.9 Å². The van der Waals surface area contributed by atoms with Crippen molar-refractivity contribution in [1.29, 1.82) is 0 Å². The van der Waals surface area contributed by atoms with E-state index < -0.39 is 41.6 Å². The van der Waals surface area contributed by atoms with Gasteiger partial charge < -0.3 is 24.4 Å². The van der Waals surface area contributed by atoms with Crippen molar-refractivity contribution in [2.75, 3.05) is 24.7 Å². The van der Waals surface area contributed by atoms with Gasteiger partial charge in [-0.2, -0.15) is 0 Å². The van der Waals surface area contributed by atoms with Gasteiger partial charge in [0.15, 0.2) is 0 Å². The Morgan fingerprint density at radius 2 is 2.05 bits per heavy atom. The predicted molar refractivity (Wildman–Crippen MR) is 144 cm³/mol. The summed E-state index contributed by atoms with van der Waals surface area (Å²) in [6.45, 7) is 9.57. The van der Waals surface area contributed by atoms with Crippen molar-refractivity contribution < 1.29 is 29.0 Å². The first-order chi connectivity index (χ1) is 17.6. The highest BCUT2D eigenvalue weighted by Gasteiger charge is 2.77. The van der Waals surface area contributed by atoms with Gasteiger partial charge in [-0.1, -0.05) is 47.5 Å². The second kappa shape index (κ2) is 11.0. The lowest BCUT2D eigenvalue weighted by atomic mass is 9.70. The zero-order chi connectivity index (χ0) is 27.1. The Morgan fingerprint density at radius 1 is 1.38 bits per heavy atom. The second-order valence-corrected chi connectivity index (χ2v) is 12.0. The molecule has 1 spiro atoms. The molecule has 7 atom stereocenters. The van der Waals surface area contributed by atoms with Gasteiger partial charge >= 0.3 is 5.97 Å². The molecule has 1 aromatic carbocycles. The number of halogens is 2. The minimum absolute atomic E-state index is 0.154. The normalized spacial score (nSPS) is 30.9. The number of amides is 2. The largest absolute Gasteiger partial charge is 0.466 e. The molecule has 3 fully saturated rings. The van der Waals surface area contributed by atoms with Gasteiger partial charge in [0, 0.05) is 22.1 Å². The van der Waals surface area contributed by atoms with Crippen LogP contribution in [0.3, 0.4) is 0 Å². The van der Waals surface area contributed by atoms with Crippen LogP contribution in [-0.2, 0) is 23.9 Å². The van der Waals surface area contributed by atoms with Crippen LogP contribution >= 0.6 is 27.5 Å². The molecule has 3 saturated heterocycles. The van der Waals surface area contributed by atoms with E-state index in [9.17, 15) is 19.5 Å². The summed E-state index contributed by atoms with van der Waals surface area (Å²) in [4.78, 5) is 44.5. The van der Waals surface area contributed by atoms with Gasteiger partial charge in [-0.3, -0.25) is 14.4 Å².